The van der Waals surface area contributed by atoms with Crippen LogP contribution in [0.2, 0.25) is 0 Å². The minimum atomic E-state index is -0.594. The standard InChI is InChI=1S/C20H22N2O2/c1-16(23)22-14-12-20(13-15-22,17-8-4-2-5-9-17)19(24)21-18-10-6-3-7-11-18/h2-11H,12-15H2,1H3,(H,21,24). The van der Waals surface area contributed by atoms with Crippen LogP contribution in [0.3, 0.4) is 0 Å². The quantitative estimate of drug-likeness (QED) is 0.943. The second-order valence-corrected chi connectivity index (χ2v) is 6.27. The van der Waals surface area contributed by atoms with Crippen molar-refractivity contribution in [1.82, 2.24) is 4.90 Å². The second-order valence-electron chi connectivity index (χ2n) is 6.27. The minimum Gasteiger partial charge on any atom is -0.343 e. The summed E-state index contributed by atoms with van der Waals surface area (Å²) in [6.07, 6.45) is 1.27. The summed E-state index contributed by atoms with van der Waals surface area (Å²) in [5, 5.41) is 3.05. The Kier molecular flexibility index (Phi) is 4.65. The fourth-order valence-corrected chi connectivity index (χ4v) is 3.38. The predicted molar refractivity (Wildman–Crippen MR) is 94.7 cm³/mol. The van der Waals surface area contributed by atoms with Crippen molar-refractivity contribution in [2.75, 3.05) is 18.4 Å². The van der Waals surface area contributed by atoms with Gasteiger partial charge in [-0.3, -0.25) is 9.59 Å². The molecule has 0 spiro atoms. The van der Waals surface area contributed by atoms with Crippen LogP contribution in [0.4, 0.5) is 5.69 Å². The molecule has 24 heavy (non-hydrogen) atoms. The molecule has 2 amide bonds. The Morgan fingerprint density at radius 2 is 1.46 bits per heavy atom. The Morgan fingerprint density at radius 1 is 0.917 bits per heavy atom. The van der Waals surface area contributed by atoms with Gasteiger partial charge in [0.05, 0.1) is 5.41 Å². The SMILES string of the molecule is CC(=O)N1CCC(C(=O)Nc2ccccc2)(c2ccccc2)CC1. The van der Waals surface area contributed by atoms with Crippen molar-refractivity contribution in [1.29, 1.82) is 0 Å². The molecule has 0 saturated carbocycles. The van der Waals surface area contributed by atoms with Gasteiger partial charge < -0.3 is 10.2 Å². The lowest BCUT2D eigenvalue weighted by Gasteiger charge is -2.40. The number of benzene rings is 2. The van der Waals surface area contributed by atoms with Gasteiger partial charge in [0.2, 0.25) is 11.8 Å². The molecule has 0 radical (unpaired) electrons. The summed E-state index contributed by atoms with van der Waals surface area (Å²) in [5.41, 5.74) is 1.22. The Bertz CT molecular complexity index is 705. The topological polar surface area (TPSA) is 49.4 Å². The van der Waals surface area contributed by atoms with E-state index >= 15 is 0 Å². The molecule has 1 fully saturated rings. The molecule has 1 saturated heterocycles. The molecule has 1 heterocycles. The molecule has 4 heteroatoms. The average molecular weight is 322 g/mol. The van der Waals surface area contributed by atoms with E-state index in [0.717, 1.165) is 11.3 Å². The number of amides is 2. The van der Waals surface area contributed by atoms with Crippen LogP contribution in [0.1, 0.15) is 25.3 Å². The molecule has 124 valence electrons. The van der Waals surface area contributed by atoms with Gasteiger partial charge in [-0.15, -0.1) is 0 Å². The van der Waals surface area contributed by atoms with E-state index in [4.69, 9.17) is 0 Å². The van der Waals surface area contributed by atoms with Gasteiger partial charge in [0.1, 0.15) is 0 Å². The summed E-state index contributed by atoms with van der Waals surface area (Å²) < 4.78 is 0. The smallest absolute Gasteiger partial charge is 0.235 e. The Labute approximate surface area is 142 Å². The molecule has 1 N–H and O–H groups in total. The van der Waals surface area contributed by atoms with E-state index in [-0.39, 0.29) is 11.8 Å². The first kappa shape index (κ1) is 16.2. The molecule has 2 aromatic carbocycles. The number of anilines is 1. The van der Waals surface area contributed by atoms with Gasteiger partial charge in [0.15, 0.2) is 0 Å². The third-order valence-electron chi connectivity index (χ3n) is 4.85. The molecule has 0 unspecified atom stereocenters. The molecule has 1 aliphatic rings. The Hall–Kier alpha value is -2.62. The third kappa shape index (κ3) is 3.18. The summed E-state index contributed by atoms with van der Waals surface area (Å²) in [6, 6.07) is 19.4. The molecule has 0 atom stereocenters. The number of para-hydroxylation sites is 1. The minimum absolute atomic E-state index is 0.00287. The van der Waals surface area contributed by atoms with Crippen LogP contribution in [0.15, 0.2) is 60.7 Å². The normalized spacial score (nSPS) is 16.5. The van der Waals surface area contributed by atoms with Crippen molar-refractivity contribution in [3.8, 4) is 0 Å². The summed E-state index contributed by atoms with van der Waals surface area (Å²) in [7, 11) is 0. The summed E-state index contributed by atoms with van der Waals surface area (Å²) in [6.45, 7) is 2.79. The van der Waals surface area contributed by atoms with Gasteiger partial charge in [-0.25, -0.2) is 0 Å². The fourth-order valence-electron chi connectivity index (χ4n) is 3.38. The monoisotopic (exact) mass is 322 g/mol. The molecule has 0 aromatic heterocycles. The highest BCUT2D eigenvalue weighted by molar-refractivity contribution is 5.99. The van der Waals surface area contributed by atoms with E-state index in [0.29, 0.717) is 25.9 Å². The van der Waals surface area contributed by atoms with Gasteiger partial charge in [0, 0.05) is 25.7 Å². The van der Waals surface area contributed by atoms with E-state index in [1.165, 1.54) is 0 Å². The molecular weight excluding hydrogens is 300 g/mol. The first-order chi connectivity index (χ1) is 11.6. The predicted octanol–water partition coefficient (Wildman–Crippen LogP) is 3.21. The van der Waals surface area contributed by atoms with Crippen LogP contribution >= 0.6 is 0 Å². The van der Waals surface area contributed by atoms with Gasteiger partial charge in [-0.1, -0.05) is 48.5 Å². The van der Waals surface area contributed by atoms with Crippen molar-refractivity contribution >= 4 is 17.5 Å². The number of hydrogen-bond acceptors (Lipinski definition) is 2. The van der Waals surface area contributed by atoms with Gasteiger partial charge >= 0.3 is 0 Å². The highest BCUT2D eigenvalue weighted by atomic mass is 16.2. The fraction of sp³-hybridized carbons (Fsp3) is 0.300. The van der Waals surface area contributed by atoms with Crippen LogP contribution in [0.25, 0.3) is 0 Å². The van der Waals surface area contributed by atoms with Crippen LogP contribution in [-0.4, -0.2) is 29.8 Å². The van der Waals surface area contributed by atoms with Crippen LogP contribution in [0, 0.1) is 0 Å². The lowest BCUT2D eigenvalue weighted by Crippen LogP contribution is -2.50. The van der Waals surface area contributed by atoms with E-state index in [9.17, 15) is 9.59 Å². The van der Waals surface area contributed by atoms with Crippen molar-refractivity contribution < 1.29 is 9.59 Å². The summed E-state index contributed by atoms with van der Waals surface area (Å²) >= 11 is 0. The van der Waals surface area contributed by atoms with E-state index in [1.807, 2.05) is 65.6 Å². The van der Waals surface area contributed by atoms with Crippen molar-refractivity contribution in [3.05, 3.63) is 66.2 Å². The largest absolute Gasteiger partial charge is 0.343 e. The molecule has 3 rings (SSSR count). The number of hydrogen-bond donors (Lipinski definition) is 1. The molecule has 1 aliphatic heterocycles. The Balaban J connectivity index is 1.89. The zero-order valence-electron chi connectivity index (χ0n) is 13.9. The van der Waals surface area contributed by atoms with Crippen LogP contribution in [0.5, 0.6) is 0 Å². The summed E-state index contributed by atoms with van der Waals surface area (Å²) in [5.74, 6) is 0.0724. The number of carbonyl (C=O) groups is 2. The first-order valence-corrected chi connectivity index (χ1v) is 8.29. The average Bonchev–Trinajstić information content (AvgIpc) is 2.63. The van der Waals surface area contributed by atoms with Crippen LogP contribution in [-0.2, 0) is 15.0 Å². The Morgan fingerprint density at radius 3 is 2.00 bits per heavy atom. The molecule has 2 aromatic rings. The van der Waals surface area contributed by atoms with Crippen molar-refractivity contribution in [2.45, 2.75) is 25.2 Å². The number of likely N-dealkylation sites (tertiary alicyclic amines) is 1. The van der Waals surface area contributed by atoms with Gasteiger partial charge in [-0.05, 0) is 30.5 Å². The first-order valence-electron chi connectivity index (χ1n) is 8.29. The summed E-state index contributed by atoms with van der Waals surface area (Å²) in [4.78, 5) is 26.6. The second kappa shape index (κ2) is 6.87. The highest BCUT2D eigenvalue weighted by Crippen LogP contribution is 2.36. The number of nitrogens with zero attached hydrogens (tertiary/aromatic N) is 1. The van der Waals surface area contributed by atoms with E-state index < -0.39 is 5.41 Å². The number of nitrogens with one attached hydrogen (secondary N) is 1. The van der Waals surface area contributed by atoms with Crippen molar-refractivity contribution in [3.63, 3.8) is 0 Å². The van der Waals surface area contributed by atoms with Gasteiger partial charge in [-0.2, -0.15) is 0 Å². The third-order valence-corrected chi connectivity index (χ3v) is 4.85. The molecular formula is C20H22N2O2. The zero-order chi connectivity index (χ0) is 17.0. The number of carbonyl (C=O) groups excluding carboxylic acids is 2. The molecule has 4 nitrogen and oxygen atoms in total. The number of rotatable bonds is 3. The van der Waals surface area contributed by atoms with Gasteiger partial charge in [0.25, 0.3) is 0 Å². The lowest BCUT2D eigenvalue weighted by molar-refractivity contribution is -0.133. The van der Waals surface area contributed by atoms with E-state index in [1.54, 1.807) is 6.92 Å². The number of piperidine rings is 1. The van der Waals surface area contributed by atoms with Crippen LogP contribution < -0.4 is 5.32 Å². The molecule has 0 aliphatic carbocycles. The highest BCUT2D eigenvalue weighted by Gasteiger charge is 2.43. The van der Waals surface area contributed by atoms with E-state index in [2.05, 4.69) is 5.32 Å². The maximum Gasteiger partial charge on any atom is 0.235 e. The lowest BCUT2D eigenvalue weighted by atomic mass is 9.72. The molecule has 0 bridgehead atoms. The maximum atomic E-state index is 13.2. The van der Waals surface area contributed by atoms with Crippen molar-refractivity contribution in [2.24, 2.45) is 0 Å². The maximum absolute atomic E-state index is 13.2. The zero-order valence-corrected chi connectivity index (χ0v) is 13.9.